The molecule has 6 nitrogen and oxygen atoms in total. The molecule has 0 bridgehead atoms. The van der Waals surface area contributed by atoms with Gasteiger partial charge in [-0.2, -0.15) is 0 Å². The molecular formula is C16H21N3O3. The number of likely N-dealkylation sites (N-methyl/N-ethyl adjacent to an activating group) is 1. The first kappa shape index (κ1) is 16.0. The Morgan fingerprint density at radius 1 is 1.45 bits per heavy atom. The van der Waals surface area contributed by atoms with Crippen molar-refractivity contribution in [3.8, 4) is 0 Å². The van der Waals surface area contributed by atoms with Crippen molar-refractivity contribution >= 4 is 23.8 Å². The summed E-state index contributed by atoms with van der Waals surface area (Å²) in [6.45, 7) is 3.13. The second-order valence-corrected chi connectivity index (χ2v) is 5.17. The molecule has 6 heteroatoms. The van der Waals surface area contributed by atoms with Gasteiger partial charge >= 0.3 is 0 Å². The lowest BCUT2D eigenvalue weighted by atomic mass is 10.1. The van der Waals surface area contributed by atoms with Gasteiger partial charge in [-0.1, -0.05) is 6.07 Å². The van der Waals surface area contributed by atoms with Crippen molar-refractivity contribution in [3.63, 3.8) is 0 Å². The molecule has 0 saturated heterocycles. The predicted molar refractivity (Wildman–Crippen MR) is 83.6 cm³/mol. The number of fused-ring (bicyclic) bond motifs is 1. The zero-order chi connectivity index (χ0) is 16.1. The van der Waals surface area contributed by atoms with Crippen molar-refractivity contribution in [2.45, 2.75) is 32.4 Å². The van der Waals surface area contributed by atoms with Crippen LogP contribution in [0.25, 0.3) is 0 Å². The van der Waals surface area contributed by atoms with Crippen LogP contribution in [0.1, 0.15) is 35.7 Å². The summed E-state index contributed by atoms with van der Waals surface area (Å²) < 4.78 is 0. The zero-order valence-corrected chi connectivity index (χ0v) is 12.9. The Hall–Kier alpha value is -2.37. The van der Waals surface area contributed by atoms with Crippen LogP contribution >= 0.6 is 0 Å². The third kappa shape index (κ3) is 2.95. The first-order valence-corrected chi connectivity index (χ1v) is 7.46. The average Bonchev–Trinajstić information content (AvgIpc) is 2.86. The Morgan fingerprint density at radius 3 is 2.86 bits per heavy atom. The monoisotopic (exact) mass is 303 g/mol. The SMILES string of the molecule is CCNc1cccc2c1CN(C(CCC=O)C(=O)NC)C2=O. The molecule has 2 rings (SSSR count). The quantitative estimate of drug-likeness (QED) is 0.741. The van der Waals surface area contributed by atoms with Gasteiger partial charge in [-0.3, -0.25) is 9.59 Å². The number of hydrogen-bond donors (Lipinski definition) is 2. The molecule has 0 aliphatic carbocycles. The van der Waals surface area contributed by atoms with Crippen molar-refractivity contribution in [1.29, 1.82) is 0 Å². The van der Waals surface area contributed by atoms with Gasteiger partial charge in [0.15, 0.2) is 0 Å². The number of hydrogen-bond acceptors (Lipinski definition) is 4. The fourth-order valence-corrected chi connectivity index (χ4v) is 2.78. The lowest BCUT2D eigenvalue weighted by Gasteiger charge is -2.25. The molecule has 0 saturated carbocycles. The number of carbonyl (C=O) groups excluding carboxylic acids is 3. The molecule has 1 aliphatic heterocycles. The normalized spacial score (nSPS) is 14.5. The summed E-state index contributed by atoms with van der Waals surface area (Å²) in [5.74, 6) is -0.401. The molecule has 1 heterocycles. The zero-order valence-electron chi connectivity index (χ0n) is 12.9. The van der Waals surface area contributed by atoms with Crippen LogP contribution in [-0.2, 0) is 16.1 Å². The summed E-state index contributed by atoms with van der Waals surface area (Å²) in [6.07, 6.45) is 1.35. The lowest BCUT2D eigenvalue weighted by molar-refractivity contribution is -0.125. The minimum Gasteiger partial charge on any atom is -0.385 e. The molecule has 1 aliphatic rings. The number of benzene rings is 1. The Balaban J connectivity index is 2.30. The highest BCUT2D eigenvalue weighted by atomic mass is 16.2. The highest BCUT2D eigenvalue weighted by Gasteiger charge is 2.36. The number of amides is 2. The third-order valence-electron chi connectivity index (χ3n) is 3.85. The molecule has 1 aromatic carbocycles. The Kier molecular flexibility index (Phi) is 5.14. The number of carbonyl (C=O) groups is 3. The highest BCUT2D eigenvalue weighted by molar-refractivity contribution is 6.02. The van der Waals surface area contributed by atoms with Gasteiger partial charge in [-0.25, -0.2) is 0 Å². The number of anilines is 1. The molecule has 1 unspecified atom stereocenters. The standard InChI is InChI=1S/C16H21N3O3/c1-3-18-13-7-4-6-11-12(13)10-19(16(11)22)14(8-5-9-20)15(21)17-2/h4,6-7,9,14,18H,3,5,8,10H2,1-2H3,(H,17,21). The summed E-state index contributed by atoms with van der Waals surface area (Å²) >= 11 is 0. The maximum Gasteiger partial charge on any atom is 0.255 e. The summed E-state index contributed by atoms with van der Waals surface area (Å²) in [5.41, 5.74) is 2.45. The van der Waals surface area contributed by atoms with Gasteiger partial charge in [0.1, 0.15) is 12.3 Å². The summed E-state index contributed by atoms with van der Waals surface area (Å²) in [5, 5.41) is 5.81. The smallest absolute Gasteiger partial charge is 0.255 e. The molecule has 2 N–H and O–H groups in total. The van der Waals surface area contributed by atoms with E-state index in [9.17, 15) is 14.4 Å². The van der Waals surface area contributed by atoms with E-state index in [1.807, 2.05) is 19.1 Å². The van der Waals surface area contributed by atoms with E-state index in [1.165, 1.54) is 7.05 Å². The molecule has 0 fully saturated rings. The molecule has 0 radical (unpaired) electrons. The van der Waals surface area contributed by atoms with Gasteiger partial charge in [0.05, 0.1) is 0 Å². The van der Waals surface area contributed by atoms with Crippen LogP contribution in [0.4, 0.5) is 5.69 Å². The van der Waals surface area contributed by atoms with E-state index in [2.05, 4.69) is 10.6 Å². The molecule has 1 atom stereocenters. The number of nitrogens with zero attached hydrogens (tertiary/aromatic N) is 1. The maximum absolute atomic E-state index is 12.6. The van der Waals surface area contributed by atoms with E-state index in [4.69, 9.17) is 0 Å². The van der Waals surface area contributed by atoms with E-state index < -0.39 is 6.04 Å². The maximum atomic E-state index is 12.6. The number of rotatable bonds is 7. The molecule has 1 aromatic rings. The molecule has 22 heavy (non-hydrogen) atoms. The van der Waals surface area contributed by atoms with E-state index in [-0.39, 0.29) is 18.2 Å². The van der Waals surface area contributed by atoms with Crippen LogP contribution in [0.3, 0.4) is 0 Å². The second kappa shape index (κ2) is 7.06. The Morgan fingerprint density at radius 2 is 2.23 bits per heavy atom. The second-order valence-electron chi connectivity index (χ2n) is 5.17. The van der Waals surface area contributed by atoms with Crippen molar-refractivity contribution in [1.82, 2.24) is 10.2 Å². The predicted octanol–water partition coefficient (Wildman–Crippen LogP) is 1.17. The average molecular weight is 303 g/mol. The van der Waals surface area contributed by atoms with Gasteiger partial charge < -0.3 is 20.3 Å². The molecular weight excluding hydrogens is 282 g/mol. The van der Waals surface area contributed by atoms with Gasteiger partial charge in [0.2, 0.25) is 5.91 Å². The van der Waals surface area contributed by atoms with Crippen LogP contribution in [0, 0.1) is 0 Å². The van der Waals surface area contributed by atoms with Crippen LogP contribution < -0.4 is 10.6 Å². The van der Waals surface area contributed by atoms with E-state index in [1.54, 1.807) is 11.0 Å². The molecule has 2 amide bonds. The van der Waals surface area contributed by atoms with Crippen molar-refractivity contribution in [3.05, 3.63) is 29.3 Å². The van der Waals surface area contributed by atoms with Crippen LogP contribution in [-0.4, -0.2) is 42.6 Å². The summed E-state index contributed by atoms with van der Waals surface area (Å²) in [6, 6.07) is 4.92. The Labute approximate surface area is 129 Å². The summed E-state index contributed by atoms with van der Waals surface area (Å²) in [7, 11) is 1.54. The first-order valence-electron chi connectivity index (χ1n) is 7.46. The Bertz CT molecular complexity index is 586. The summed E-state index contributed by atoms with van der Waals surface area (Å²) in [4.78, 5) is 36.9. The van der Waals surface area contributed by atoms with Crippen molar-refractivity contribution < 1.29 is 14.4 Å². The van der Waals surface area contributed by atoms with Gasteiger partial charge in [0, 0.05) is 43.4 Å². The highest BCUT2D eigenvalue weighted by Crippen LogP contribution is 2.31. The largest absolute Gasteiger partial charge is 0.385 e. The molecule has 0 spiro atoms. The number of nitrogens with one attached hydrogen (secondary N) is 2. The van der Waals surface area contributed by atoms with E-state index in [0.717, 1.165) is 24.1 Å². The van der Waals surface area contributed by atoms with Crippen LogP contribution in [0.5, 0.6) is 0 Å². The van der Waals surface area contributed by atoms with Crippen molar-refractivity contribution in [2.24, 2.45) is 0 Å². The number of aldehydes is 1. The van der Waals surface area contributed by atoms with Gasteiger partial charge in [0.25, 0.3) is 5.91 Å². The fourth-order valence-electron chi connectivity index (χ4n) is 2.78. The third-order valence-corrected chi connectivity index (χ3v) is 3.85. The minimum atomic E-state index is -0.621. The first-order chi connectivity index (χ1) is 10.6. The van der Waals surface area contributed by atoms with Crippen LogP contribution in [0.15, 0.2) is 18.2 Å². The van der Waals surface area contributed by atoms with E-state index >= 15 is 0 Å². The minimum absolute atomic E-state index is 0.158. The van der Waals surface area contributed by atoms with Gasteiger partial charge in [-0.05, 0) is 25.5 Å². The lowest BCUT2D eigenvalue weighted by Crippen LogP contribution is -2.46. The fraction of sp³-hybridized carbons (Fsp3) is 0.438. The van der Waals surface area contributed by atoms with Crippen molar-refractivity contribution in [2.75, 3.05) is 18.9 Å². The van der Waals surface area contributed by atoms with E-state index in [0.29, 0.717) is 18.5 Å². The van der Waals surface area contributed by atoms with Gasteiger partial charge in [-0.15, -0.1) is 0 Å². The van der Waals surface area contributed by atoms with Crippen LogP contribution in [0.2, 0.25) is 0 Å². The molecule has 0 aromatic heterocycles. The molecule has 118 valence electrons. The topological polar surface area (TPSA) is 78.5 Å².